The summed E-state index contributed by atoms with van der Waals surface area (Å²) in [5.74, 6) is -0.650. The monoisotopic (exact) mass is 343 g/mol. The van der Waals surface area contributed by atoms with Gasteiger partial charge in [-0.05, 0) is 18.4 Å². The van der Waals surface area contributed by atoms with Crippen LogP contribution in [0.2, 0.25) is 0 Å². The van der Waals surface area contributed by atoms with Crippen molar-refractivity contribution in [3.8, 4) is 6.07 Å². The predicted molar refractivity (Wildman–Crippen MR) is 93.4 cm³/mol. The lowest BCUT2D eigenvalue weighted by Crippen LogP contribution is -2.52. The van der Waals surface area contributed by atoms with Crippen molar-refractivity contribution in [1.29, 1.82) is 5.26 Å². The number of carbonyl (C=O) groups excluding carboxylic acids is 2. The molecule has 1 aliphatic carbocycles. The van der Waals surface area contributed by atoms with Crippen LogP contribution in [-0.4, -0.2) is 43.0 Å². The van der Waals surface area contributed by atoms with E-state index in [1.54, 1.807) is 24.1 Å². The van der Waals surface area contributed by atoms with Crippen molar-refractivity contribution in [2.75, 3.05) is 20.7 Å². The summed E-state index contributed by atoms with van der Waals surface area (Å²) in [6.07, 6.45) is 4.40. The number of nitrogens with one attached hydrogen (secondary N) is 1. The lowest BCUT2D eigenvalue weighted by molar-refractivity contribution is -0.143. The van der Waals surface area contributed by atoms with Gasteiger partial charge >= 0.3 is 5.97 Å². The third-order valence-corrected chi connectivity index (χ3v) is 4.93. The summed E-state index contributed by atoms with van der Waals surface area (Å²) in [4.78, 5) is 26.2. The van der Waals surface area contributed by atoms with Crippen molar-refractivity contribution < 1.29 is 14.3 Å². The van der Waals surface area contributed by atoms with E-state index in [0.29, 0.717) is 12.8 Å². The van der Waals surface area contributed by atoms with Gasteiger partial charge < -0.3 is 9.64 Å². The number of benzene rings is 1. The number of amides is 1. The Hall–Kier alpha value is -2.39. The number of likely N-dealkylation sites (N-methyl/N-ethyl adjacent to an activating group) is 1. The standard InChI is InChI=1S/C19H25N3O3/c1-22(19(14-20)11-7-4-8-12-19)16(23)13-21-17(18(24)25-2)15-9-5-3-6-10-15/h3,5-6,9-10,17,21H,4,7-8,11-13H2,1-2H3/t17-/m1/s1. The molecule has 1 aliphatic rings. The van der Waals surface area contributed by atoms with Crippen LogP contribution in [0.4, 0.5) is 0 Å². The van der Waals surface area contributed by atoms with Gasteiger partial charge in [-0.3, -0.25) is 10.1 Å². The highest BCUT2D eigenvalue weighted by Gasteiger charge is 2.38. The molecule has 6 nitrogen and oxygen atoms in total. The molecule has 1 amide bonds. The molecule has 1 saturated carbocycles. The Labute approximate surface area is 148 Å². The molecule has 0 aliphatic heterocycles. The van der Waals surface area contributed by atoms with Crippen molar-refractivity contribution in [2.45, 2.75) is 43.7 Å². The third-order valence-electron chi connectivity index (χ3n) is 4.93. The van der Waals surface area contributed by atoms with Gasteiger partial charge in [0.2, 0.25) is 5.91 Å². The topological polar surface area (TPSA) is 82.4 Å². The second-order valence-corrected chi connectivity index (χ2v) is 6.40. The summed E-state index contributed by atoms with van der Waals surface area (Å²) < 4.78 is 4.84. The van der Waals surface area contributed by atoms with Crippen molar-refractivity contribution in [3.05, 3.63) is 35.9 Å². The molecule has 1 aromatic carbocycles. The maximum Gasteiger partial charge on any atom is 0.327 e. The van der Waals surface area contributed by atoms with E-state index in [1.165, 1.54) is 7.11 Å². The van der Waals surface area contributed by atoms with Crippen LogP contribution in [-0.2, 0) is 14.3 Å². The van der Waals surface area contributed by atoms with Crippen molar-refractivity contribution >= 4 is 11.9 Å². The SMILES string of the molecule is COC(=O)[C@H](NCC(=O)N(C)C1(C#N)CCCCC1)c1ccccc1. The van der Waals surface area contributed by atoms with E-state index < -0.39 is 17.6 Å². The van der Waals surface area contributed by atoms with Crippen LogP contribution in [0.25, 0.3) is 0 Å². The van der Waals surface area contributed by atoms with Crippen LogP contribution in [0.5, 0.6) is 0 Å². The van der Waals surface area contributed by atoms with Crippen molar-refractivity contribution in [3.63, 3.8) is 0 Å². The second kappa shape index (κ2) is 8.63. The van der Waals surface area contributed by atoms with Crippen LogP contribution in [0.1, 0.15) is 43.7 Å². The smallest absolute Gasteiger partial charge is 0.327 e. The molecule has 0 spiro atoms. The molecule has 134 valence electrons. The molecular formula is C19H25N3O3. The Kier molecular flexibility index (Phi) is 6.54. The molecular weight excluding hydrogens is 318 g/mol. The Morgan fingerprint density at radius 2 is 1.92 bits per heavy atom. The van der Waals surface area contributed by atoms with Gasteiger partial charge in [0.05, 0.1) is 19.7 Å². The van der Waals surface area contributed by atoms with Crippen LogP contribution >= 0.6 is 0 Å². The average Bonchev–Trinajstić information content (AvgIpc) is 2.68. The number of hydrogen-bond acceptors (Lipinski definition) is 5. The summed E-state index contributed by atoms with van der Waals surface area (Å²) in [6.45, 7) is -0.0331. The largest absolute Gasteiger partial charge is 0.468 e. The molecule has 1 fully saturated rings. The number of rotatable bonds is 6. The van der Waals surface area contributed by atoms with E-state index in [2.05, 4.69) is 11.4 Å². The minimum Gasteiger partial charge on any atom is -0.468 e. The van der Waals surface area contributed by atoms with Gasteiger partial charge in [0, 0.05) is 7.05 Å². The zero-order valence-corrected chi connectivity index (χ0v) is 14.8. The first kappa shape index (κ1) is 18.9. The van der Waals surface area contributed by atoms with Gasteiger partial charge in [0.25, 0.3) is 0 Å². The number of esters is 1. The van der Waals surface area contributed by atoms with Crippen molar-refractivity contribution in [1.82, 2.24) is 10.2 Å². The fourth-order valence-corrected chi connectivity index (χ4v) is 3.31. The maximum atomic E-state index is 12.6. The molecule has 0 aromatic heterocycles. The number of ether oxygens (including phenoxy) is 1. The lowest BCUT2D eigenvalue weighted by atomic mass is 9.81. The van der Waals surface area contributed by atoms with Crippen LogP contribution in [0, 0.1) is 11.3 Å². The zero-order chi connectivity index (χ0) is 18.3. The Bertz CT molecular complexity index is 633. The molecule has 0 unspecified atom stereocenters. The molecule has 0 saturated heterocycles. The number of nitriles is 1. The first-order valence-electron chi connectivity index (χ1n) is 8.58. The number of nitrogens with zero attached hydrogens (tertiary/aromatic N) is 2. The van der Waals surface area contributed by atoms with Crippen molar-refractivity contribution in [2.24, 2.45) is 0 Å². The van der Waals surface area contributed by atoms with Gasteiger partial charge in [0.15, 0.2) is 0 Å². The molecule has 0 heterocycles. The van der Waals surface area contributed by atoms with E-state index in [1.807, 2.05) is 18.2 Å². The normalized spacial score (nSPS) is 17.2. The Morgan fingerprint density at radius 3 is 2.48 bits per heavy atom. The highest BCUT2D eigenvalue weighted by Crippen LogP contribution is 2.32. The van der Waals surface area contributed by atoms with E-state index in [-0.39, 0.29) is 12.5 Å². The molecule has 25 heavy (non-hydrogen) atoms. The first-order chi connectivity index (χ1) is 12.0. The predicted octanol–water partition coefficient (Wildman–Crippen LogP) is 2.18. The summed E-state index contributed by atoms with van der Waals surface area (Å²) in [6, 6.07) is 10.7. The summed E-state index contributed by atoms with van der Waals surface area (Å²) in [5.41, 5.74) is 0.00214. The fraction of sp³-hybridized carbons (Fsp3) is 0.526. The quantitative estimate of drug-likeness (QED) is 0.801. The van der Waals surface area contributed by atoms with Crippen LogP contribution < -0.4 is 5.32 Å². The minimum absolute atomic E-state index is 0.0331. The molecule has 0 radical (unpaired) electrons. The molecule has 0 bridgehead atoms. The number of hydrogen-bond donors (Lipinski definition) is 1. The Morgan fingerprint density at radius 1 is 1.28 bits per heavy atom. The summed E-state index contributed by atoms with van der Waals surface area (Å²) in [5, 5.41) is 12.6. The van der Waals surface area contributed by atoms with Crippen LogP contribution in [0.15, 0.2) is 30.3 Å². The minimum atomic E-state index is -0.732. The fourth-order valence-electron chi connectivity index (χ4n) is 3.31. The lowest BCUT2D eigenvalue weighted by Gasteiger charge is -2.39. The second-order valence-electron chi connectivity index (χ2n) is 6.40. The Balaban J connectivity index is 2.05. The molecule has 6 heteroatoms. The third kappa shape index (κ3) is 4.37. The molecule has 1 aromatic rings. The number of carbonyl (C=O) groups is 2. The first-order valence-corrected chi connectivity index (χ1v) is 8.58. The molecule has 1 N–H and O–H groups in total. The highest BCUT2D eigenvalue weighted by molar-refractivity contribution is 5.82. The van der Waals surface area contributed by atoms with E-state index in [4.69, 9.17) is 4.74 Å². The van der Waals surface area contributed by atoms with Gasteiger partial charge in [0.1, 0.15) is 11.6 Å². The average molecular weight is 343 g/mol. The summed E-state index contributed by atoms with van der Waals surface area (Å²) >= 11 is 0. The highest BCUT2D eigenvalue weighted by atomic mass is 16.5. The van der Waals surface area contributed by atoms with E-state index in [0.717, 1.165) is 24.8 Å². The maximum absolute atomic E-state index is 12.6. The summed E-state index contributed by atoms with van der Waals surface area (Å²) in [7, 11) is 2.99. The van der Waals surface area contributed by atoms with Crippen LogP contribution in [0.3, 0.4) is 0 Å². The van der Waals surface area contributed by atoms with Gasteiger partial charge in [-0.2, -0.15) is 5.26 Å². The van der Waals surface area contributed by atoms with Gasteiger partial charge in [-0.25, -0.2) is 4.79 Å². The molecule has 1 atom stereocenters. The van der Waals surface area contributed by atoms with Gasteiger partial charge in [-0.1, -0.05) is 49.6 Å². The number of methoxy groups -OCH3 is 1. The zero-order valence-electron chi connectivity index (χ0n) is 14.8. The van der Waals surface area contributed by atoms with Gasteiger partial charge in [-0.15, -0.1) is 0 Å². The molecule has 2 rings (SSSR count). The van der Waals surface area contributed by atoms with E-state index >= 15 is 0 Å². The van der Waals surface area contributed by atoms with E-state index in [9.17, 15) is 14.9 Å².